The van der Waals surface area contributed by atoms with E-state index in [1.54, 1.807) is 0 Å². The van der Waals surface area contributed by atoms with Gasteiger partial charge in [-0.1, -0.05) is 12.8 Å². The van der Waals surface area contributed by atoms with E-state index in [9.17, 15) is 0 Å². The van der Waals surface area contributed by atoms with Crippen LogP contribution in [0.2, 0.25) is 0 Å². The van der Waals surface area contributed by atoms with Gasteiger partial charge in [0.1, 0.15) is 5.82 Å². The van der Waals surface area contributed by atoms with Gasteiger partial charge in [0.2, 0.25) is 5.95 Å². The zero-order valence-corrected chi connectivity index (χ0v) is 11.4. The minimum Gasteiger partial charge on any atom is -0.339 e. The maximum atomic E-state index is 5.94. The maximum absolute atomic E-state index is 5.94. The second-order valence-electron chi connectivity index (χ2n) is 6.48. The molecule has 1 aliphatic heterocycles. The van der Waals surface area contributed by atoms with Crippen LogP contribution in [0.25, 0.3) is 0 Å². The molecular weight excluding hydrogens is 238 g/mol. The molecule has 3 fully saturated rings. The number of nitrogens with zero attached hydrogens (tertiary/aromatic N) is 3. The van der Waals surface area contributed by atoms with Crippen molar-refractivity contribution in [2.75, 3.05) is 18.0 Å². The summed E-state index contributed by atoms with van der Waals surface area (Å²) in [5, 5.41) is 7.63. The van der Waals surface area contributed by atoms with Gasteiger partial charge in [-0.25, -0.2) is 0 Å². The van der Waals surface area contributed by atoms with Crippen LogP contribution in [0.5, 0.6) is 0 Å². The monoisotopic (exact) mass is 261 g/mol. The van der Waals surface area contributed by atoms with Crippen LogP contribution in [0.15, 0.2) is 0 Å². The summed E-state index contributed by atoms with van der Waals surface area (Å²) >= 11 is 0. The first-order valence-corrected chi connectivity index (χ1v) is 7.76. The number of aromatic nitrogens is 3. The quantitative estimate of drug-likeness (QED) is 0.849. The van der Waals surface area contributed by atoms with Gasteiger partial charge >= 0.3 is 0 Å². The van der Waals surface area contributed by atoms with Gasteiger partial charge in [-0.15, -0.1) is 5.10 Å². The molecule has 2 heterocycles. The highest BCUT2D eigenvalue weighted by atomic mass is 15.4. The molecule has 2 unspecified atom stereocenters. The third-order valence-corrected chi connectivity index (χ3v) is 5.29. The van der Waals surface area contributed by atoms with Crippen LogP contribution in [0.1, 0.15) is 50.3 Å². The Hall–Kier alpha value is -1.10. The number of piperidine rings is 1. The molecule has 0 spiro atoms. The number of H-pyrrole nitrogens is 1. The van der Waals surface area contributed by atoms with E-state index in [1.165, 1.54) is 25.7 Å². The predicted octanol–water partition coefficient (Wildman–Crippen LogP) is 1.64. The van der Waals surface area contributed by atoms with Gasteiger partial charge in [-0.05, 0) is 37.5 Å². The van der Waals surface area contributed by atoms with Crippen LogP contribution in [0.4, 0.5) is 5.95 Å². The Labute approximate surface area is 114 Å². The minimum atomic E-state index is 0.362. The summed E-state index contributed by atoms with van der Waals surface area (Å²) in [4.78, 5) is 7.04. The number of hydrogen-bond acceptors (Lipinski definition) is 4. The molecule has 3 N–H and O–H groups in total. The second-order valence-corrected chi connectivity index (χ2v) is 6.48. The Kier molecular flexibility index (Phi) is 2.76. The number of hydrogen-bond donors (Lipinski definition) is 2. The molecule has 0 aromatic carbocycles. The van der Waals surface area contributed by atoms with Crippen LogP contribution in [0.3, 0.4) is 0 Å². The van der Waals surface area contributed by atoms with Gasteiger partial charge in [-0.3, -0.25) is 5.10 Å². The summed E-state index contributed by atoms with van der Waals surface area (Å²) in [7, 11) is 0. The molecule has 5 nitrogen and oxygen atoms in total. The number of aromatic amines is 1. The van der Waals surface area contributed by atoms with Crippen molar-refractivity contribution in [3.8, 4) is 0 Å². The van der Waals surface area contributed by atoms with Gasteiger partial charge < -0.3 is 10.6 Å². The summed E-state index contributed by atoms with van der Waals surface area (Å²) in [5.74, 6) is 4.50. The van der Waals surface area contributed by atoms with Crippen molar-refractivity contribution in [2.24, 2.45) is 17.6 Å². The molecule has 19 heavy (non-hydrogen) atoms. The van der Waals surface area contributed by atoms with Crippen molar-refractivity contribution in [3.63, 3.8) is 0 Å². The molecule has 2 aliphatic carbocycles. The van der Waals surface area contributed by atoms with Crippen LogP contribution < -0.4 is 10.6 Å². The summed E-state index contributed by atoms with van der Waals surface area (Å²) < 4.78 is 0. The predicted molar refractivity (Wildman–Crippen MR) is 74.0 cm³/mol. The van der Waals surface area contributed by atoms with Crippen LogP contribution in [-0.4, -0.2) is 34.3 Å². The van der Waals surface area contributed by atoms with E-state index < -0.39 is 0 Å². The highest BCUT2D eigenvalue weighted by Crippen LogP contribution is 2.60. The van der Waals surface area contributed by atoms with Crippen molar-refractivity contribution < 1.29 is 0 Å². The Morgan fingerprint density at radius 2 is 1.74 bits per heavy atom. The number of nitrogens with two attached hydrogens (primary N) is 1. The second kappa shape index (κ2) is 4.47. The molecule has 104 valence electrons. The normalized spacial score (nSPS) is 35.2. The average Bonchev–Trinajstić information content (AvgIpc) is 2.97. The van der Waals surface area contributed by atoms with E-state index in [4.69, 9.17) is 10.7 Å². The first-order chi connectivity index (χ1) is 9.33. The summed E-state index contributed by atoms with van der Waals surface area (Å²) in [6, 6.07) is 0.362. The summed E-state index contributed by atoms with van der Waals surface area (Å²) in [6.07, 6.45) is 7.70. The topological polar surface area (TPSA) is 70.8 Å². The number of nitrogens with one attached hydrogen (secondary N) is 1. The highest BCUT2D eigenvalue weighted by Gasteiger charge is 2.53. The molecule has 1 saturated heterocycles. The molecule has 0 amide bonds. The lowest BCUT2D eigenvalue weighted by Crippen LogP contribution is -2.40. The summed E-state index contributed by atoms with van der Waals surface area (Å²) in [6.45, 7) is 1.99. The van der Waals surface area contributed by atoms with E-state index in [2.05, 4.69) is 15.1 Å². The Bertz CT molecular complexity index is 436. The molecule has 2 saturated carbocycles. The van der Waals surface area contributed by atoms with E-state index in [1.807, 2.05) is 0 Å². The Morgan fingerprint density at radius 1 is 1.05 bits per heavy atom. The van der Waals surface area contributed by atoms with Gasteiger partial charge in [-0.2, -0.15) is 4.98 Å². The van der Waals surface area contributed by atoms with E-state index in [-0.39, 0.29) is 0 Å². The smallest absolute Gasteiger partial charge is 0.244 e. The van der Waals surface area contributed by atoms with Gasteiger partial charge in [0.05, 0.1) is 0 Å². The summed E-state index contributed by atoms with van der Waals surface area (Å²) in [5.41, 5.74) is 5.94. The highest BCUT2D eigenvalue weighted by molar-refractivity contribution is 5.31. The fraction of sp³-hybridized carbons (Fsp3) is 0.857. The molecule has 3 aliphatic rings. The van der Waals surface area contributed by atoms with Crippen LogP contribution in [0, 0.1) is 11.8 Å². The molecule has 0 bridgehead atoms. The molecular formula is C14H23N5. The maximum Gasteiger partial charge on any atom is 0.244 e. The molecule has 0 radical (unpaired) electrons. The third-order valence-electron chi connectivity index (χ3n) is 5.29. The zero-order valence-electron chi connectivity index (χ0n) is 11.4. The minimum absolute atomic E-state index is 0.362. The first-order valence-electron chi connectivity index (χ1n) is 7.76. The first kappa shape index (κ1) is 11.7. The van der Waals surface area contributed by atoms with Crippen LogP contribution in [-0.2, 0) is 0 Å². The molecule has 1 aromatic rings. The van der Waals surface area contributed by atoms with Crippen molar-refractivity contribution in [2.45, 2.75) is 50.5 Å². The van der Waals surface area contributed by atoms with E-state index in [0.717, 1.165) is 49.5 Å². The largest absolute Gasteiger partial charge is 0.339 e. The fourth-order valence-corrected chi connectivity index (χ4v) is 4.05. The Balaban J connectivity index is 1.45. The lowest BCUT2D eigenvalue weighted by Gasteiger charge is -2.28. The molecule has 4 rings (SSSR count). The van der Waals surface area contributed by atoms with Gasteiger partial charge in [0.25, 0.3) is 0 Å². The fourth-order valence-electron chi connectivity index (χ4n) is 4.05. The van der Waals surface area contributed by atoms with Gasteiger partial charge in [0, 0.05) is 25.0 Å². The van der Waals surface area contributed by atoms with Crippen molar-refractivity contribution in [3.05, 3.63) is 5.82 Å². The standard InChI is InChI=1S/C14H23N5/c15-9-5-7-19(8-6-9)14-16-13(17-18-14)12-10-3-1-2-4-11(10)12/h9-12H,1-8,15H2,(H,16,17,18). The van der Waals surface area contributed by atoms with Crippen molar-refractivity contribution in [1.82, 2.24) is 15.2 Å². The van der Waals surface area contributed by atoms with Crippen molar-refractivity contribution in [1.29, 1.82) is 0 Å². The number of fused-ring (bicyclic) bond motifs is 1. The van der Waals surface area contributed by atoms with Gasteiger partial charge in [0.15, 0.2) is 0 Å². The average molecular weight is 261 g/mol. The van der Waals surface area contributed by atoms with E-state index >= 15 is 0 Å². The lowest BCUT2D eigenvalue weighted by atomic mass is 10.0. The molecule has 1 aromatic heterocycles. The number of anilines is 1. The third kappa shape index (κ3) is 2.04. The molecule has 5 heteroatoms. The van der Waals surface area contributed by atoms with Crippen LogP contribution >= 0.6 is 0 Å². The molecule has 2 atom stereocenters. The number of rotatable bonds is 2. The zero-order chi connectivity index (χ0) is 12.8. The Morgan fingerprint density at radius 3 is 2.42 bits per heavy atom. The van der Waals surface area contributed by atoms with E-state index in [0.29, 0.717) is 12.0 Å². The SMILES string of the molecule is NC1CCN(c2n[nH]c(C3C4CCCCC43)n2)CC1. The van der Waals surface area contributed by atoms with Crippen molar-refractivity contribution >= 4 is 5.95 Å². The lowest BCUT2D eigenvalue weighted by molar-refractivity contribution is 0.480.